The van der Waals surface area contributed by atoms with Crippen LogP contribution in [0, 0.1) is 5.92 Å². The molecule has 0 unspecified atom stereocenters. The first-order chi connectivity index (χ1) is 12.6. The number of rotatable bonds is 5. The highest BCUT2D eigenvalue weighted by molar-refractivity contribution is 6.10. The van der Waals surface area contributed by atoms with E-state index in [1.54, 1.807) is 20.1 Å². The van der Waals surface area contributed by atoms with Gasteiger partial charge in [0.25, 0.3) is 0 Å². The second-order valence-electron chi connectivity index (χ2n) is 6.25. The molecule has 0 spiro atoms. The summed E-state index contributed by atoms with van der Waals surface area (Å²) in [6.07, 6.45) is 2.18. The van der Waals surface area contributed by atoms with Crippen molar-refractivity contribution >= 4 is 17.3 Å². The van der Waals surface area contributed by atoms with Crippen molar-refractivity contribution in [3.8, 4) is 5.75 Å². The van der Waals surface area contributed by atoms with Gasteiger partial charge in [-0.25, -0.2) is 0 Å². The molecule has 3 rings (SSSR count). The van der Waals surface area contributed by atoms with Crippen molar-refractivity contribution in [2.24, 2.45) is 5.92 Å². The van der Waals surface area contributed by atoms with E-state index in [1.807, 2.05) is 54.6 Å². The minimum atomic E-state index is -0.825. The van der Waals surface area contributed by atoms with Crippen LogP contribution in [0.3, 0.4) is 0 Å². The lowest BCUT2D eigenvalue weighted by atomic mass is 9.73. The summed E-state index contributed by atoms with van der Waals surface area (Å²) in [6.45, 7) is 2.00. The number of ketones is 1. The van der Waals surface area contributed by atoms with Crippen molar-refractivity contribution in [2.45, 2.75) is 19.3 Å². The van der Waals surface area contributed by atoms with Gasteiger partial charge in [0.1, 0.15) is 11.7 Å². The Balaban J connectivity index is 2.03. The molecule has 1 aliphatic carbocycles. The molecule has 2 atom stereocenters. The van der Waals surface area contributed by atoms with Gasteiger partial charge in [-0.2, -0.15) is 0 Å². The first-order valence-electron chi connectivity index (χ1n) is 8.74. The van der Waals surface area contributed by atoms with Crippen LogP contribution in [0.4, 0.5) is 0 Å². The Morgan fingerprint density at radius 1 is 1.12 bits per heavy atom. The molecule has 2 aromatic rings. The van der Waals surface area contributed by atoms with Crippen molar-refractivity contribution in [1.82, 2.24) is 0 Å². The molecule has 0 saturated heterocycles. The van der Waals surface area contributed by atoms with Crippen LogP contribution in [0.1, 0.15) is 30.4 Å². The lowest BCUT2D eigenvalue weighted by Crippen LogP contribution is -2.34. The molecule has 0 amide bonds. The number of hydrogen-bond acceptors (Lipinski definition) is 4. The molecule has 134 valence electrons. The molecule has 4 nitrogen and oxygen atoms in total. The van der Waals surface area contributed by atoms with Crippen LogP contribution in [0.25, 0.3) is 5.57 Å². The van der Waals surface area contributed by atoms with E-state index < -0.39 is 11.9 Å². The van der Waals surface area contributed by atoms with Crippen molar-refractivity contribution in [3.63, 3.8) is 0 Å². The Kier molecular flexibility index (Phi) is 5.52. The predicted octanol–water partition coefficient (Wildman–Crippen LogP) is 4.01. The minimum Gasteiger partial charge on any atom is -0.497 e. The Morgan fingerprint density at radius 2 is 1.88 bits per heavy atom. The van der Waals surface area contributed by atoms with Crippen LogP contribution in [-0.4, -0.2) is 25.5 Å². The van der Waals surface area contributed by atoms with Crippen LogP contribution < -0.4 is 4.74 Å². The lowest BCUT2D eigenvalue weighted by Gasteiger charge is -2.29. The summed E-state index contributed by atoms with van der Waals surface area (Å²) in [5.41, 5.74) is 2.83. The molecule has 4 heteroatoms. The molecule has 1 aliphatic rings. The van der Waals surface area contributed by atoms with Crippen LogP contribution in [0.15, 0.2) is 60.7 Å². The molecule has 0 bridgehead atoms. The normalized spacial score (nSPS) is 19.6. The summed E-state index contributed by atoms with van der Waals surface area (Å²) in [6, 6.07) is 17.3. The topological polar surface area (TPSA) is 52.6 Å². The Morgan fingerprint density at radius 3 is 2.58 bits per heavy atom. The number of benzene rings is 2. The molecule has 2 aromatic carbocycles. The number of ether oxygens (including phenoxy) is 2. The third-order valence-electron chi connectivity index (χ3n) is 4.67. The van der Waals surface area contributed by atoms with Gasteiger partial charge in [-0.05, 0) is 48.3 Å². The summed E-state index contributed by atoms with van der Waals surface area (Å²) in [5, 5.41) is 0. The Bertz CT molecular complexity index is 823. The van der Waals surface area contributed by atoms with Crippen molar-refractivity contribution in [2.75, 3.05) is 13.7 Å². The van der Waals surface area contributed by atoms with Crippen LogP contribution in [-0.2, 0) is 14.3 Å². The first kappa shape index (κ1) is 17.9. The third kappa shape index (κ3) is 3.69. The highest BCUT2D eigenvalue weighted by Crippen LogP contribution is 2.41. The molecule has 0 fully saturated rings. The highest BCUT2D eigenvalue weighted by atomic mass is 16.5. The van der Waals surface area contributed by atoms with E-state index in [9.17, 15) is 9.59 Å². The average molecular weight is 350 g/mol. The fraction of sp³-hybridized carbons (Fsp3) is 0.273. The van der Waals surface area contributed by atoms with E-state index in [-0.39, 0.29) is 18.3 Å². The van der Waals surface area contributed by atoms with Gasteiger partial charge in [-0.15, -0.1) is 0 Å². The average Bonchev–Trinajstić information content (AvgIpc) is 2.68. The summed E-state index contributed by atoms with van der Waals surface area (Å²) in [5.74, 6) is -1.07. The van der Waals surface area contributed by atoms with E-state index in [1.165, 1.54) is 0 Å². The number of esters is 1. The predicted molar refractivity (Wildman–Crippen MR) is 99.9 cm³/mol. The zero-order valence-electron chi connectivity index (χ0n) is 15.0. The summed E-state index contributed by atoms with van der Waals surface area (Å²) in [4.78, 5) is 25.3. The molecule has 26 heavy (non-hydrogen) atoms. The zero-order valence-corrected chi connectivity index (χ0v) is 15.0. The molecule has 0 aliphatic heterocycles. The maximum atomic E-state index is 12.8. The Labute approximate surface area is 153 Å². The van der Waals surface area contributed by atoms with Crippen molar-refractivity contribution in [1.29, 1.82) is 0 Å². The smallest absolute Gasteiger partial charge is 0.317 e. The van der Waals surface area contributed by atoms with E-state index in [4.69, 9.17) is 9.47 Å². The van der Waals surface area contributed by atoms with Crippen molar-refractivity contribution < 1.29 is 19.1 Å². The van der Waals surface area contributed by atoms with Crippen LogP contribution in [0.2, 0.25) is 0 Å². The lowest BCUT2D eigenvalue weighted by molar-refractivity contribution is -0.151. The maximum absolute atomic E-state index is 12.8. The van der Waals surface area contributed by atoms with Gasteiger partial charge in [0.2, 0.25) is 0 Å². The molecular formula is C22H22O4. The van der Waals surface area contributed by atoms with E-state index in [2.05, 4.69) is 0 Å². The monoisotopic (exact) mass is 350 g/mol. The van der Waals surface area contributed by atoms with Gasteiger partial charge in [-0.3, -0.25) is 9.59 Å². The molecule has 0 heterocycles. The molecular weight excluding hydrogens is 328 g/mol. The Hall–Kier alpha value is -2.88. The van der Waals surface area contributed by atoms with Crippen LogP contribution in [0.5, 0.6) is 5.75 Å². The maximum Gasteiger partial charge on any atom is 0.317 e. The highest BCUT2D eigenvalue weighted by Gasteiger charge is 2.39. The second kappa shape index (κ2) is 8.00. The first-order valence-corrected chi connectivity index (χ1v) is 8.74. The van der Waals surface area contributed by atoms with Gasteiger partial charge in [0.15, 0.2) is 5.78 Å². The molecule has 0 aromatic heterocycles. The summed E-state index contributed by atoms with van der Waals surface area (Å²) in [7, 11) is 1.60. The molecule has 0 saturated carbocycles. The minimum absolute atomic E-state index is 0.207. The standard InChI is InChI=1S/C22H22O4/c1-3-26-22(24)21-19(16-10-7-11-18(12-16)25-2)13-17(14-20(21)23)15-8-5-4-6-9-15/h4-12,14,19,21H,3,13H2,1-2H3/t19-,21-/m1/s1. The fourth-order valence-corrected chi connectivity index (χ4v) is 3.42. The quantitative estimate of drug-likeness (QED) is 0.604. The van der Waals surface area contributed by atoms with Gasteiger partial charge in [0, 0.05) is 5.92 Å². The van der Waals surface area contributed by atoms with E-state index >= 15 is 0 Å². The summed E-state index contributed by atoms with van der Waals surface area (Å²) < 4.78 is 10.5. The molecule has 0 N–H and O–H groups in total. The molecule has 0 radical (unpaired) electrons. The van der Waals surface area contributed by atoms with Gasteiger partial charge >= 0.3 is 5.97 Å². The van der Waals surface area contributed by atoms with Crippen molar-refractivity contribution in [3.05, 3.63) is 71.8 Å². The van der Waals surface area contributed by atoms with E-state index in [0.29, 0.717) is 12.2 Å². The number of carbonyl (C=O) groups is 2. The fourth-order valence-electron chi connectivity index (χ4n) is 3.42. The van der Waals surface area contributed by atoms with Gasteiger partial charge in [0.05, 0.1) is 13.7 Å². The van der Waals surface area contributed by atoms with Gasteiger partial charge in [-0.1, -0.05) is 42.5 Å². The zero-order chi connectivity index (χ0) is 18.5. The van der Waals surface area contributed by atoms with Gasteiger partial charge < -0.3 is 9.47 Å². The number of methoxy groups -OCH3 is 1. The largest absolute Gasteiger partial charge is 0.497 e. The van der Waals surface area contributed by atoms with E-state index in [0.717, 1.165) is 16.7 Å². The SMILES string of the molecule is CCOC(=O)[C@H]1C(=O)C=C(c2ccccc2)C[C@@H]1c1cccc(OC)c1. The number of carbonyl (C=O) groups excluding carboxylic acids is 2. The third-order valence-corrected chi connectivity index (χ3v) is 4.67. The number of hydrogen-bond donors (Lipinski definition) is 0. The summed E-state index contributed by atoms with van der Waals surface area (Å²) >= 11 is 0. The van der Waals surface area contributed by atoms with Crippen LogP contribution >= 0.6 is 0 Å². The number of allylic oxidation sites excluding steroid dienone is 2. The second-order valence-corrected chi connectivity index (χ2v) is 6.25.